The topological polar surface area (TPSA) is 95.0 Å². The zero-order valence-corrected chi connectivity index (χ0v) is 17.0. The molecule has 2 aromatic rings. The van der Waals surface area contributed by atoms with Gasteiger partial charge in [-0.15, -0.1) is 5.10 Å². The lowest BCUT2D eigenvalue weighted by Crippen LogP contribution is -2.48. The fourth-order valence-electron chi connectivity index (χ4n) is 3.56. The molecule has 9 heteroatoms. The van der Waals surface area contributed by atoms with Crippen LogP contribution in [0.3, 0.4) is 0 Å². The fourth-order valence-corrected chi connectivity index (χ4v) is 4.88. The van der Waals surface area contributed by atoms with Crippen LogP contribution in [-0.2, 0) is 25.8 Å². The molecular weight excluding hydrogens is 390 g/mol. The number of hydrogen-bond donors (Lipinski definition) is 1. The Morgan fingerprint density at radius 2 is 2.03 bits per heavy atom. The Kier molecular flexibility index (Phi) is 4.62. The predicted molar refractivity (Wildman–Crippen MR) is 110 cm³/mol. The number of carbonyl (C=O) groups excluding carboxylic acids is 3. The van der Waals surface area contributed by atoms with E-state index in [1.54, 1.807) is 17.3 Å². The third-order valence-electron chi connectivity index (χ3n) is 4.72. The predicted octanol–water partition coefficient (Wildman–Crippen LogP) is 2.09. The maximum atomic E-state index is 13.8. The van der Waals surface area contributed by atoms with Crippen LogP contribution in [0.2, 0.25) is 0 Å². The van der Waals surface area contributed by atoms with Crippen LogP contribution < -0.4 is 10.2 Å². The third kappa shape index (κ3) is 3.07. The van der Waals surface area contributed by atoms with E-state index in [0.29, 0.717) is 17.8 Å². The molecule has 29 heavy (non-hydrogen) atoms. The van der Waals surface area contributed by atoms with Crippen LogP contribution >= 0.6 is 11.8 Å². The van der Waals surface area contributed by atoms with E-state index in [9.17, 15) is 14.4 Å². The monoisotopic (exact) mass is 409 g/mol. The van der Waals surface area contributed by atoms with Crippen molar-refractivity contribution in [2.24, 2.45) is 5.10 Å². The largest absolute Gasteiger partial charge is 0.304 e. The summed E-state index contributed by atoms with van der Waals surface area (Å²) in [6.45, 7) is 4.95. The average Bonchev–Trinajstić information content (AvgIpc) is 3.15. The number of aromatic nitrogens is 1. The molecule has 1 aromatic carbocycles. The molecule has 3 heterocycles. The number of nitrogens with zero attached hydrogens (tertiary/aromatic N) is 4. The SMILES string of the molecule is CC(=O)NC1=NN(C(C)=O)C2(S1)C(=O)N(Cc1cccnc1)c1ccc(C)cc12. The number of amides is 3. The Bertz CT molecular complexity index is 1060. The lowest BCUT2D eigenvalue weighted by Gasteiger charge is -2.29. The summed E-state index contributed by atoms with van der Waals surface area (Å²) in [6, 6.07) is 9.40. The molecule has 8 nitrogen and oxygen atoms in total. The standard InChI is InChI=1S/C20H19N5O3S/c1-12-6-7-17-16(9-12)20(18(28)24(17)11-15-5-4-8-21-10-15)25(14(3)27)23-19(29-20)22-13(2)26/h4-10H,11H2,1-3H3,(H,22,23,26). The Balaban J connectivity index is 1.83. The highest BCUT2D eigenvalue weighted by Gasteiger charge is 2.61. The summed E-state index contributed by atoms with van der Waals surface area (Å²) in [5.74, 6) is -0.993. The highest BCUT2D eigenvalue weighted by molar-refractivity contribution is 8.15. The minimum atomic E-state index is -1.38. The zero-order chi connectivity index (χ0) is 20.8. The molecule has 4 rings (SSSR count). The second-order valence-electron chi connectivity index (χ2n) is 6.94. The van der Waals surface area contributed by atoms with Gasteiger partial charge in [-0.3, -0.25) is 19.4 Å². The van der Waals surface area contributed by atoms with Crippen molar-refractivity contribution in [1.82, 2.24) is 15.3 Å². The van der Waals surface area contributed by atoms with E-state index in [1.165, 1.54) is 18.9 Å². The van der Waals surface area contributed by atoms with Crippen molar-refractivity contribution < 1.29 is 14.4 Å². The van der Waals surface area contributed by atoms with Crippen molar-refractivity contribution in [2.45, 2.75) is 32.2 Å². The molecule has 0 saturated carbocycles. The number of nitrogens with one attached hydrogen (secondary N) is 1. The van der Waals surface area contributed by atoms with Gasteiger partial charge in [-0.05, 0) is 36.4 Å². The molecule has 3 amide bonds. The second kappa shape index (κ2) is 7.00. The molecule has 1 aromatic heterocycles. The van der Waals surface area contributed by atoms with E-state index in [4.69, 9.17) is 0 Å². The summed E-state index contributed by atoms with van der Waals surface area (Å²) >= 11 is 1.08. The zero-order valence-electron chi connectivity index (χ0n) is 16.2. The smallest absolute Gasteiger partial charge is 0.271 e. The van der Waals surface area contributed by atoms with Gasteiger partial charge in [0, 0.05) is 31.8 Å². The highest BCUT2D eigenvalue weighted by atomic mass is 32.2. The molecule has 0 aliphatic carbocycles. The molecule has 1 atom stereocenters. The van der Waals surface area contributed by atoms with Gasteiger partial charge in [-0.2, -0.15) is 5.01 Å². The van der Waals surface area contributed by atoms with Gasteiger partial charge >= 0.3 is 0 Å². The number of amidine groups is 1. The summed E-state index contributed by atoms with van der Waals surface area (Å²) < 4.78 is 0. The number of pyridine rings is 1. The third-order valence-corrected chi connectivity index (χ3v) is 5.96. The number of thioether (sulfide) groups is 1. The lowest BCUT2D eigenvalue weighted by atomic mass is 10.0. The van der Waals surface area contributed by atoms with Crippen LogP contribution in [0.5, 0.6) is 0 Å². The maximum absolute atomic E-state index is 13.8. The Morgan fingerprint density at radius 1 is 1.24 bits per heavy atom. The van der Waals surface area contributed by atoms with Gasteiger partial charge in [0.25, 0.3) is 5.91 Å². The van der Waals surface area contributed by atoms with Crippen LogP contribution in [0.4, 0.5) is 5.69 Å². The van der Waals surface area contributed by atoms with Crippen LogP contribution in [0.15, 0.2) is 47.8 Å². The Labute approximate surface area is 172 Å². The van der Waals surface area contributed by atoms with E-state index < -0.39 is 4.87 Å². The molecule has 2 aliphatic heterocycles. The number of rotatable bonds is 2. The van der Waals surface area contributed by atoms with Gasteiger partial charge in [-0.25, -0.2) is 0 Å². The summed E-state index contributed by atoms with van der Waals surface area (Å²) in [7, 11) is 0. The van der Waals surface area contributed by atoms with E-state index in [1.807, 2.05) is 37.3 Å². The van der Waals surface area contributed by atoms with Crippen molar-refractivity contribution in [2.75, 3.05) is 4.90 Å². The first-order chi connectivity index (χ1) is 13.8. The minimum Gasteiger partial charge on any atom is -0.304 e. The van der Waals surface area contributed by atoms with Crippen molar-refractivity contribution in [3.05, 3.63) is 59.4 Å². The second-order valence-corrected chi connectivity index (χ2v) is 8.12. The molecule has 148 valence electrons. The van der Waals surface area contributed by atoms with E-state index in [-0.39, 0.29) is 22.9 Å². The van der Waals surface area contributed by atoms with Crippen LogP contribution in [0.1, 0.15) is 30.5 Å². The number of hydrazone groups is 1. The van der Waals surface area contributed by atoms with Gasteiger partial charge in [0.15, 0.2) is 5.17 Å². The van der Waals surface area contributed by atoms with E-state index in [0.717, 1.165) is 22.9 Å². The molecule has 2 aliphatic rings. The van der Waals surface area contributed by atoms with E-state index >= 15 is 0 Å². The van der Waals surface area contributed by atoms with E-state index in [2.05, 4.69) is 15.4 Å². The van der Waals surface area contributed by atoms with Gasteiger partial charge in [0.2, 0.25) is 16.7 Å². The average molecular weight is 409 g/mol. The van der Waals surface area contributed by atoms with Crippen LogP contribution in [0, 0.1) is 6.92 Å². The number of hydrogen-bond acceptors (Lipinski definition) is 6. The van der Waals surface area contributed by atoms with Gasteiger partial charge in [-0.1, -0.05) is 23.8 Å². The highest BCUT2D eigenvalue weighted by Crippen LogP contribution is 2.54. The number of aryl methyl sites for hydroxylation is 1. The fraction of sp³-hybridized carbons (Fsp3) is 0.250. The number of carbonyl (C=O) groups is 3. The first-order valence-corrected chi connectivity index (χ1v) is 9.82. The van der Waals surface area contributed by atoms with Crippen molar-refractivity contribution >= 4 is 40.3 Å². The van der Waals surface area contributed by atoms with Crippen molar-refractivity contribution in [1.29, 1.82) is 0 Å². The summed E-state index contributed by atoms with van der Waals surface area (Å²) in [6.07, 6.45) is 3.38. The normalized spacial score (nSPS) is 20.1. The number of benzene rings is 1. The molecule has 0 bridgehead atoms. The van der Waals surface area contributed by atoms with Crippen molar-refractivity contribution in [3.63, 3.8) is 0 Å². The Hall–Kier alpha value is -3.20. The maximum Gasteiger partial charge on any atom is 0.271 e. The number of fused-ring (bicyclic) bond motifs is 2. The first kappa shape index (κ1) is 19.1. The molecular formula is C20H19N5O3S. The molecule has 1 spiro atoms. The minimum absolute atomic E-state index is 0.219. The number of anilines is 1. The van der Waals surface area contributed by atoms with Gasteiger partial charge < -0.3 is 10.2 Å². The molecule has 0 radical (unpaired) electrons. The van der Waals surface area contributed by atoms with Crippen LogP contribution in [-0.4, -0.2) is 32.9 Å². The van der Waals surface area contributed by atoms with Crippen LogP contribution in [0.25, 0.3) is 0 Å². The summed E-state index contributed by atoms with van der Waals surface area (Å²) in [5, 5.41) is 8.26. The van der Waals surface area contributed by atoms with Gasteiger partial charge in [0.1, 0.15) is 0 Å². The Morgan fingerprint density at radius 3 is 2.69 bits per heavy atom. The quantitative estimate of drug-likeness (QED) is 0.820. The molecule has 0 fully saturated rings. The summed E-state index contributed by atoms with van der Waals surface area (Å²) in [5.41, 5.74) is 3.21. The van der Waals surface area contributed by atoms with Gasteiger partial charge in [0.05, 0.1) is 12.2 Å². The summed E-state index contributed by atoms with van der Waals surface area (Å²) in [4.78, 5) is 42.1. The molecule has 1 unspecified atom stereocenters. The lowest BCUT2D eigenvalue weighted by molar-refractivity contribution is -0.139. The van der Waals surface area contributed by atoms with Crippen molar-refractivity contribution in [3.8, 4) is 0 Å². The molecule has 0 saturated heterocycles. The molecule has 1 N–H and O–H groups in total. The first-order valence-electron chi connectivity index (χ1n) is 9.01.